The summed E-state index contributed by atoms with van der Waals surface area (Å²) in [6, 6.07) is 14.9. The van der Waals surface area contributed by atoms with Crippen LogP contribution >= 0.6 is 23.4 Å². The Kier molecular flexibility index (Phi) is 7.34. The van der Waals surface area contributed by atoms with Gasteiger partial charge in [-0.3, -0.25) is 9.59 Å². The van der Waals surface area contributed by atoms with Crippen molar-refractivity contribution < 1.29 is 9.59 Å². The van der Waals surface area contributed by atoms with Crippen molar-refractivity contribution >= 4 is 35.2 Å². The first-order valence-electron chi connectivity index (χ1n) is 7.92. The van der Waals surface area contributed by atoms with Gasteiger partial charge in [-0.25, -0.2) is 0 Å². The minimum Gasteiger partial charge on any atom is -0.352 e. The van der Waals surface area contributed by atoms with E-state index in [2.05, 4.69) is 5.32 Å². The molecule has 0 unspecified atom stereocenters. The number of nitrogens with zero attached hydrogens (tertiary/aromatic N) is 1. The number of carbonyl (C=O) groups excluding carboxylic acids is 2. The highest BCUT2D eigenvalue weighted by atomic mass is 35.5. The highest BCUT2D eigenvalue weighted by Crippen LogP contribution is 2.26. The molecule has 0 saturated heterocycles. The molecule has 0 radical (unpaired) electrons. The molecular weight excluding hydrogens is 356 g/mol. The van der Waals surface area contributed by atoms with Gasteiger partial charge in [-0.05, 0) is 29.8 Å². The second-order valence-electron chi connectivity index (χ2n) is 5.70. The average molecular weight is 377 g/mol. The smallest absolute Gasteiger partial charge is 0.253 e. The predicted octanol–water partition coefficient (Wildman–Crippen LogP) is 3.84. The van der Waals surface area contributed by atoms with Crippen LogP contribution in [0.1, 0.15) is 22.3 Å². The molecule has 0 aliphatic carbocycles. The summed E-state index contributed by atoms with van der Waals surface area (Å²) in [4.78, 5) is 26.3. The number of thioether (sulfide) groups is 1. The van der Waals surface area contributed by atoms with E-state index >= 15 is 0 Å². The van der Waals surface area contributed by atoms with Crippen LogP contribution < -0.4 is 5.32 Å². The third kappa shape index (κ3) is 6.11. The van der Waals surface area contributed by atoms with Gasteiger partial charge in [-0.15, -0.1) is 11.8 Å². The first-order chi connectivity index (χ1) is 12.0. The zero-order valence-electron chi connectivity index (χ0n) is 14.3. The topological polar surface area (TPSA) is 49.4 Å². The van der Waals surface area contributed by atoms with Gasteiger partial charge >= 0.3 is 0 Å². The Bertz CT molecular complexity index is 732. The van der Waals surface area contributed by atoms with Gasteiger partial charge in [0.1, 0.15) is 0 Å². The Balaban J connectivity index is 1.74. The van der Waals surface area contributed by atoms with E-state index in [4.69, 9.17) is 11.6 Å². The maximum Gasteiger partial charge on any atom is 0.253 e. The van der Waals surface area contributed by atoms with E-state index in [1.807, 2.05) is 36.4 Å². The van der Waals surface area contributed by atoms with Crippen molar-refractivity contribution in [1.29, 1.82) is 0 Å². The standard InChI is InChI=1S/C19H21ClN2O2S/c1-22(2)19(24)15-9-7-14(8-10-15)13-21-18(23)11-12-25-17-6-4-3-5-16(17)20/h3-10H,11-13H2,1-2H3,(H,21,23). The fraction of sp³-hybridized carbons (Fsp3) is 0.263. The fourth-order valence-electron chi connectivity index (χ4n) is 2.13. The Morgan fingerprint density at radius 1 is 1.08 bits per heavy atom. The average Bonchev–Trinajstić information content (AvgIpc) is 2.61. The van der Waals surface area contributed by atoms with Crippen molar-refractivity contribution in [3.63, 3.8) is 0 Å². The Morgan fingerprint density at radius 3 is 2.40 bits per heavy atom. The highest BCUT2D eigenvalue weighted by Gasteiger charge is 2.08. The van der Waals surface area contributed by atoms with Gasteiger partial charge in [0, 0.05) is 43.3 Å². The molecule has 2 rings (SSSR count). The number of hydrogen-bond acceptors (Lipinski definition) is 3. The largest absolute Gasteiger partial charge is 0.352 e. The first-order valence-corrected chi connectivity index (χ1v) is 9.28. The Labute approximate surface area is 157 Å². The summed E-state index contributed by atoms with van der Waals surface area (Å²) in [6.07, 6.45) is 0.424. The van der Waals surface area contributed by atoms with E-state index in [1.54, 1.807) is 38.0 Å². The molecule has 0 aromatic heterocycles. The molecule has 0 atom stereocenters. The second-order valence-corrected chi connectivity index (χ2v) is 7.25. The molecule has 0 bridgehead atoms. The van der Waals surface area contributed by atoms with Crippen molar-refractivity contribution in [2.75, 3.05) is 19.8 Å². The lowest BCUT2D eigenvalue weighted by Gasteiger charge is -2.11. The third-order valence-electron chi connectivity index (χ3n) is 3.52. The predicted molar refractivity (Wildman–Crippen MR) is 103 cm³/mol. The molecular formula is C19H21ClN2O2S. The molecule has 0 heterocycles. The maximum atomic E-state index is 11.9. The van der Waals surface area contributed by atoms with Gasteiger partial charge in [0.05, 0.1) is 5.02 Å². The second kappa shape index (κ2) is 9.49. The number of amides is 2. The van der Waals surface area contributed by atoms with Gasteiger partial charge < -0.3 is 10.2 Å². The molecule has 0 aliphatic heterocycles. The lowest BCUT2D eigenvalue weighted by atomic mass is 10.1. The van der Waals surface area contributed by atoms with Crippen LogP contribution in [0.15, 0.2) is 53.4 Å². The molecule has 2 aromatic carbocycles. The van der Waals surface area contributed by atoms with Crippen LogP contribution in [-0.2, 0) is 11.3 Å². The molecule has 0 spiro atoms. The monoisotopic (exact) mass is 376 g/mol. The lowest BCUT2D eigenvalue weighted by Crippen LogP contribution is -2.23. The summed E-state index contributed by atoms with van der Waals surface area (Å²) in [5.74, 6) is 0.631. The molecule has 1 N–H and O–H groups in total. The SMILES string of the molecule is CN(C)C(=O)c1ccc(CNC(=O)CCSc2ccccc2Cl)cc1. The number of benzene rings is 2. The molecule has 25 heavy (non-hydrogen) atoms. The van der Waals surface area contributed by atoms with Crippen molar-refractivity contribution in [1.82, 2.24) is 10.2 Å². The van der Waals surface area contributed by atoms with Gasteiger partial charge in [0.2, 0.25) is 5.91 Å². The summed E-state index contributed by atoms with van der Waals surface area (Å²) in [5.41, 5.74) is 1.60. The molecule has 4 nitrogen and oxygen atoms in total. The number of nitrogens with one attached hydrogen (secondary N) is 1. The zero-order valence-corrected chi connectivity index (χ0v) is 15.9. The summed E-state index contributed by atoms with van der Waals surface area (Å²) in [7, 11) is 3.44. The van der Waals surface area contributed by atoms with Crippen LogP contribution in [0, 0.1) is 0 Å². The summed E-state index contributed by atoms with van der Waals surface area (Å²) in [6.45, 7) is 0.450. The number of carbonyl (C=O) groups is 2. The maximum absolute atomic E-state index is 11.9. The molecule has 2 amide bonds. The number of rotatable bonds is 7. The van der Waals surface area contributed by atoms with Crippen molar-refractivity contribution in [3.05, 3.63) is 64.7 Å². The van der Waals surface area contributed by atoms with Crippen molar-refractivity contribution in [3.8, 4) is 0 Å². The van der Waals surface area contributed by atoms with Crippen molar-refractivity contribution in [2.24, 2.45) is 0 Å². The van der Waals surface area contributed by atoms with Crippen LogP contribution in [0.5, 0.6) is 0 Å². The normalized spacial score (nSPS) is 10.4. The van der Waals surface area contributed by atoms with Crippen molar-refractivity contribution in [2.45, 2.75) is 17.9 Å². The quantitative estimate of drug-likeness (QED) is 0.747. The molecule has 0 aliphatic rings. The molecule has 2 aromatic rings. The summed E-state index contributed by atoms with van der Waals surface area (Å²) < 4.78 is 0. The van der Waals surface area contributed by atoms with Gasteiger partial charge in [-0.1, -0.05) is 35.9 Å². The fourth-order valence-corrected chi connectivity index (χ4v) is 3.32. The van der Waals surface area contributed by atoms with Crippen LogP contribution in [0.3, 0.4) is 0 Å². The highest BCUT2D eigenvalue weighted by molar-refractivity contribution is 7.99. The van der Waals surface area contributed by atoms with Crippen LogP contribution in [-0.4, -0.2) is 36.6 Å². The van der Waals surface area contributed by atoms with E-state index in [1.165, 1.54) is 4.90 Å². The minimum atomic E-state index is -0.0350. The molecule has 132 valence electrons. The van der Waals surface area contributed by atoms with Gasteiger partial charge in [0.25, 0.3) is 5.91 Å². The van der Waals surface area contributed by atoms with Crippen LogP contribution in [0.2, 0.25) is 5.02 Å². The van der Waals surface area contributed by atoms with E-state index in [0.29, 0.717) is 29.3 Å². The van der Waals surface area contributed by atoms with E-state index in [9.17, 15) is 9.59 Å². The first kappa shape index (κ1) is 19.3. The number of halogens is 1. The van der Waals surface area contributed by atoms with E-state index in [-0.39, 0.29) is 11.8 Å². The van der Waals surface area contributed by atoms with Crippen LogP contribution in [0.4, 0.5) is 0 Å². The molecule has 0 fully saturated rings. The molecule has 0 saturated carbocycles. The van der Waals surface area contributed by atoms with Gasteiger partial charge in [0.15, 0.2) is 0 Å². The van der Waals surface area contributed by atoms with E-state index < -0.39 is 0 Å². The molecule has 6 heteroatoms. The van der Waals surface area contributed by atoms with Crippen LogP contribution in [0.25, 0.3) is 0 Å². The summed E-state index contributed by atoms with van der Waals surface area (Å²) >= 11 is 7.66. The van der Waals surface area contributed by atoms with E-state index in [0.717, 1.165) is 10.5 Å². The lowest BCUT2D eigenvalue weighted by molar-refractivity contribution is -0.120. The third-order valence-corrected chi connectivity index (χ3v) is 5.04. The number of hydrogen-bond donors (Lipinski definition) is 1. The Hall–Kier alpha value is -1.98. The Morgan fingerprint density at radius 2 is 1.76 bits per heavy atom. The minimum absolute atomic E-state index is 0.00648. The zero-order chi connectivity index (χ0) is 18.2. The summed E-state index contributed by atoms with van der Waals surface area (Å²) in [5, 5.41) is 3.60. The van der Waals surface area contributed by atoms with Gasteiger partial charge in [-0.2, -0.15) is 0 Å².